The molecule has 1 aliphatic rings. The number of hydrogen-bond acceptors (Lipinski definition) is 8. The quantitative estimate of drug-likeness (QED) is 0.319. The molecule has 38 heavy (non-hydrogen) atoms. The molecular formula is C23H21ClF2N8O4. The Kier molecular flexibility index (Phi) is 6.82. The van der Waals surface area contributed by atoms with Crippen molar-refractivity contribution < 1.29 is 28.2 Å². The molecule has 1 aromatic carbocycles. The second kappa shape index (κ2) is 10.2. The van der Waals surface area contributed by atoms with Crippen LogP contribution in [-0.4, -0.2) is 72.0 Å². The fourth-order valence-corrected chi connectivity index (χ4v) is 4.36. The number of anilines is 2. The van der Waals surface area contributed by atoms with Gasteiger partial charge in [0.15, 0.2) is 11.5 Å². The van der Waals surface area contributed by atoms with E-state index in [0.29, 0.717) is 13.0 Å². The third-order valence-corrected chi connectivity index (χ3v) is 6.12. The smallest absolute Gasteiger partial charge is 0.387 e. The van der Waals surface area contributed by atoms with E-state index in [-0.39, 0.29) is 63.7 Å². The number of aromatic nitrogens is 5. The van der Waals surface area contributed by atoms with Crippen molar-refractivity contribution in [1.82, 2.24) is 29.3 Å². The predicted octanol–water partition coefficient (Wildman–Crippen LogP) is 2.28. The van der Waals surface area contributed by atoms with E-state index in [4.69, 9.17) is 17.3 Å². The molecule has 0 radical (unpaired) electrons. The Morgan fingerprint density at radius 3 is 2.87 bits per heavy atom. The lowest BCUT2D eigenvalue weighted by molar-refractivity contribution is -0.131. The van der Waals surface area contributed by atoms with Gasteiger partial charge in [0.2, 0.25) is 5.91 Å². The van der Waals surface area contributed by atoms with Crippen molar-refractivity contribution in [2.45, 2.75) is 25.7 Å². The minimum absolute atomic E-state index is 0.0124. The van der Waals surface area contributed by atoms with E-state index >= 15 is 0 Å². The maximum absolute atomic E-state index is 13.3. The molecule has 0 saturated carbocycles. The van der Waals surface area contributed by atoms with E-state index in [0.717, 1.165) is 0 Å². The average Bonchev–Trinajstić information content (AvgIpc) is 3.56. The second-order valence-corrected chi connectivity index (χ2v) is 8.93. The van der Waals surface area contributed by atoms with Crippen LogP contribution in [0.3, 0.4) is 0 Å². The van der Waals surface area contributed by atoms with Gasteiger partial charge in [0.25, 0.3) is 5.91 Å². The Labute approximate surface area is 218 Å². The van der Waals surface area contributed by atoms with Gasteiger partial charge in [0, 0.05) is 42.3 Å². The van der Waals surface area contributed by atoms with Gasteiger partial charge < -0.3 is 25.8 Å². The largest absolute Gasteiger partial charge is 0.434 e. The number of carbonyl (C=O) groups is 2. The lowest BCUT2D eigenvalue weighted by atomic mass is 10.1. The van der Waals surface area contributed by atoms with Crippen LogP contribution in [0.25, 0.3) is 16.9 Å². The van der Waals surface area contributed by atoms with E-state index < -0.39 is 18.6 Å². The Morgan fingerprint density at radius 1 is 1.32 bits per heavy atom. The van der Waals surface area contributed by atoms with Crippen molar-refractivity contribution in [2.75, 3.05) is 24.1 Å². The van der Waals surface area contributed by atoms with Crippen molar-refractivity contribution in [3.63, 3.8) is 0 Å². The first-order valence-electron chi connectivity index (χ1n) is 11.4. The van der Waals surface area contributed by atoms with Crippen LogP contribution < -0.4 is 15.8 Å². The number of β-amino-alcohol motifs (C(OH)–C–C–N with tert-alkyl or cyclic N) is 1. The van der Waals surface area contributed by atoms with Gasteiger partial charge >= 0.3 is 6.61 Å². The molecule has 5 rings (SSSR count). The Morgan fingerprint density at radius 2 is 2.13 bits per heavy atom. The summed E-state index contributed by atoms with van der Waals surface area (Å²) in [5, 5.41) is 21.1. The SMILES string of the molecule is Nc1nn2cccnc2c1C(=O)Nc1cn(CC(=O)N2CC[C@@H](O)C2)nc1-c1cc(Cl)ccc1OC(F)F. The zero-order valence-corrected chi connectivity index (χ0v) is 20.3. The van der Waals surface area contributed by atoms with Crippen molar-refractivity contribution in [1.29, 1.82) is 0 Å². The van der Waals surface area contributed by atoms with Crippen LogP contribution in [0.4, 0.5) is 20.3 Å². The van der Waals surface area contributed by atoms with Crippen LogP contribution in [0.15, 0.2) is 42.9 Å². The van der Waals surface area contributed by atoms with E-state index in [1.165, 1.54) is 44.7 Å². The van der Waals surface area contributed by atoms with Crippen LogP contribution in [-0.2, 0) is 11.3 Å². The number of nitrogens with zero attached hydrogens (tertiary/aromatic N) is 6. The summed E-state index contributed by atoms with van der Waals surface area (Å²) >= 11 is 6.13. The number of rotatable bonds is 7. The maximum atomic E-state index is 13.3. The molecule has 12 nitrogen and oxygen atoms in total. The number of halogens is 3. The molecule has 0 bridgehead atoms. The summed E-state index contributed by atoms with van der Waals surface area (Å²) in [5.74, 6) is -1.33. The fraction of sp³-hybridized carbons (Fsp3) is 0.261. The first-order chi connectivity index (χ1) is 18.2. The Hall–Kier alpha value is -4.30. The first kappa shape index (κ1) is 25.4. The zero-order valence-electron chi connectivity index (χ0n) is 19.6. The number of likely N-dealkylation sites (tertiary alicyclic amines) is 1. The van der Waals surface area contributed by atoms with Gasteiger partial charge in [-0.25, -0.2) is 9.50 Å². The highest BCUT2D eigenvalue weighted by molar-refractivity contribution is 6.31. The van der Waals surface area contributed by atoms with E-state index in [1.807, 2.05) is 0 Å². The van der Waals surface area contributed by atoms with Crippen LogP contribution >= 0.6 is 11.6 Å². The summed E-state index contributed by atoms with van der Waals surface area (Å²) in [6.45, 7) is -2.79. The lowest BCUT2D eigenvalue weighted by Crippen LogP contribution is -2.32. The average molecular weight is 547 g/mol. The van der Waals surface area contributed by atoms with Crippen molar-refractivity contribution >= 4 is 40.6 Å². The molecule has 4 heterocycles. The molecule has 1 aliphatic heterocycles. The number of ether oxygens (including phenoxy) is 1. The number of amides is 2. The number of nitrogen functional groups attached to an aromatic ring is 1. The molecule has 3 aromatic heterocycles. The first-order valence-corrected chi connectivity index (χ1v) is 11.8. The standard InChI is InChI=1S/C23H21ClF2N8O4/c24-12-2-3-16(38-23(25)26)14(8-12)19-15(10-33(30-19)11-17(36)32-7-4-13(35)9-32)29-22(37)18-20(27)31-34-6-1-5-28-21(18)34/h1-3,5-6,8,10,13,23,35H,4,7,9,11H2,(H2,27,31)(H,29,37)/t13-/m1/s1. The number of fused-ring (bicyclic) bond motifs is 1. The molecule has 0 unspecified atom stereocenters. The third-order valence-electron chi connectivity index (χ3n) is 5.89. The number of aliphatic hydroxyl groups excluding tert-OH is 1. The maximum Gasteiger partial charge on any atom is 0.387 e. The monoisotopic (exact) mass is 546 g/mol. The summed E-state index contributed by atoms with van der Waals surface area (Å²) in [7, 11) is 0. The number of nitrogens with one attached hydrogen (secondary N) is 1. The molecule has 1 fully saturated rings. The van der Waals surface area contributed by atoms with Gasteiger partial charge in [-0.05, 0) is 30.7 Å². The van der Waals surface area contributed by atoms with E-state index in [1.54, 1.807) is 12.3 Å². The molecule has 2 amide bonds. The predicted molar refractivity (Wildman–Crippen MR) is 132 cm³/mol. The fourth-order valence-electron chi connectivity index (χ4n) is 4.19. The van der Waals surface area contributed by atoms with Gasteiger partial charge in [-0.3, -0.25) is 14.3 Å². The van der Waals surface area contributed by atoms with Crippen LogP contribution in [0, 0.1) is 0 Å². The molecule has 15 heteroatoms. The van der Waals surface area contributed by atoms with Crippen molar-refractivity contribution in [3.05, 3.63) is 53.4 Å². The highest BCUT2D eigenvalue weighted by Gasteiger charge is 2.27. The Bertz CT molecular complexity index is 1520. The van der Waals surface area contributed by atoms with Gasteiger partial charge in [-0.2, -0.15) is 13.9 Å². The van der Waals surface area contributed by atoms with Crippen molar-refractivity contribution in [3.8, 4) is 17.0 Å². The zero-order chi connectivity index (χ0) is 27.0. The number of aliphatic hydroxyl groups is 1. The van der Waals surface area contributed by atoms with Crippen LogP contribution in [0.1, 0.15) is 16.8 Å². The summed E-state index contributed by atoms with van der Waals surface area (Å²) in [5.41, 5.74) is 6.30. The van der Waals surface area contributed by atoms with E-state index in [2.05, 4.69) is 25.2 Å². The van der Waals surface area contributed by atoms with Crippen LogP contribution in [0.5, 0.6) is 5.75 Å². The summed E-state index contributed by atoms with van der Waals surface area (Å²) < 4.78 is 33.5. The molecule has 4 N–H and O–H groups in total. The van der Waals surface area contributed by atoms with Crippen LogP contribution in [0.2, 0.25) is 5.02 Å². The lowest BCUT2D eigenvalue weighted by Gasteiger charge is -2.15. The number of alkyl halides is 2. The second-order valence-electron chi connectivity index (χ2n) is 8.49. The highest BCUT2D eigenvalue weighted by Crippen LogP contribution is 2.37. The Balaban J connectivity index is 1.54. The minimum atomic E-state index is -3.14. The highest BCUT2D eigenvalue weighted by atomic mass is 35.5. The minimum Gasteiger partial charge on any atom is -0.434 e. The number of hydrogen-bond donors (Lipinski definition) is 3. The molecular weight excluding hydrogens is 526 g/mol. The van der Waals surface area contributed by atoms with E-state index in [9.17, 15) is 23.5 Å². The molecule has 0 aliphatic carbocycles. The van der Waals surface area contributed by atoms with Gasteiger partial charge in [-0.1, -0.05) is 11.6 Å². The summed E-state index contributed by atoms with van der Waals surface area (Å²) in [6, 6.07) is 5.58. The normalized spacial score (nSPS) is 15.4. The molecule has 0 spiro atoms. The van der Waals surface area contributed by atoms with Crippen molar-refractivity contribution in [2.24, 2.45) is 0 Å². The molecule has 198 valence electrons. The molecule has 1 saturated heterocycles. The van der Waals surface area contributed by atoms with Gasteiger partial charge in [-0.15, -0.1) is 5.10 Å². The summed E-state index contributed by atoms with van der Waals surface area (Å²) in [6.07, 6.45) is 4.27. The van der Waals surface area contributed by atoms with Gasteiger partial charge in [0.05, 0.1) is 11.8 Å². The molecule has 1 atom stereocenters. The number of nitrogens with two attached hydrogens (primary N) is 1. The summed E-state index contributed by atoms with van der Waals surface area (Å²) in [4.78, 5) is 31.7. The topological polar surface area (TPSA) is 153 Å². The third kappa shape index (κ3) is 5.08. The van der Waals surface area contributed by atoms with Gasteiger partial charge in [0.1, 0.15) is 23.6 Å². The molecule has 4 aromatic rings. The number of benzene rings is 1. The number of carbonyl (C=O) groups excluding carboxylic acids is 2.